The van der Waals surface area contributed by atoms with Crippen LogP contribution in [0.3, 0.4) is 0 Å². The maximum atomic E-state index is 12.7. The van der Waals surface area contributed by atoms with Gasteiger partial charge >= 0.3 is 6.16 Å². The summed E-state index contributed by atoms with van der Waals surface area (Å²) in [5.74, 6) is 3.01. The van der Waals surface area contributed by atoms with Gasteiger partial charge in [-0.2, -0.15) is 5.26 Å². The molecule has 6 atom stereocenters. The Morgan fingerprint density at radius 3 is 2.55 bits per heavy atom. The van der Waals surface area contributed by atoms with E-state index >= 15 is 0 Å². The standard InChI is InChI=1S/C41H48N4O9S/c1-19-11-22-12-25-26(15-42)45-16-23-30(33(46)20(2)36-37(23)52-18-51-36)38(32(45)31(44-25)29(22)34(47)35(19)50-8)55-17-41(6)24-14-27(49-7)28(13-21(24)9-10-43-41)53-39(48)54-40(3,4)5/h11,13-14,25-26,31-32,38,43-44,46-47H,9-10,12,16-18H2,1-8H3/t25?,26-,31?,32?,38+,41+/m0/s1. The Morgan fingerprint density at radius 2 is 1.84 bits per heavy atom. The largest absolute Gasteiger partial charge is 0.514 e. The molecule has 0 radical (unpaired) electrons. The molecule has 3 unspecified atom stereocenters. The van der Waals surface area contributed by atoms with Gasteiger partial charge in [-0.15, -0.1) is 11.8 Å². The van der Waals surface area contributed by atoms with Crippen LogP contribution in [0, 0.1) is 25.2 Å². The van der Waals surface area contributed by atoms with Crippen LogP contribution in [0.2, 0.25) is 0 Å². The highest BCUT2D eigenvalue weighted by atomic mass is 32.2. The van der Waals surface area contributed by atoms with Crippen LogP contribution in [-0.4, -0.2) is 78.3 Å². The third kappa shape index (κ3) is 6.07. The van der Waals surface area contributed by atoms with Crippen LogP contribution in [0.15, 0.2) is 18.2 Å². The van der Waals surface area contributed by atoms with Gasteiger partial charge in [0.1, 0.15) is 17.4 Å². The first-order chi connectivity index (χ1) is 26.2. The quantitative estimate of drug-likeness (QED) is 0.172. The zero-order valence-corrected chi connectivity index (χ0v) is 33.2. The number of methoxy groups -OCH3 is 2. The zero-order chi connectivity index (χ0) is 39.1. The van der Waals surface area contributed by atoms with Gasteiger partial charge in [0.2, 0.25) is 6.79 Å². The second-order valence-corrected chi connectivity index (χ2v) is 17.4. The number of thioether (sulfide) groups is 1. The first kappa shape index (κ1) is 37.4. The van der Waals surface area contributed by atoms with Gasteiger partial charge in [0.05, 0.1) is 37.1 Å². The number of carbonyl (C=O) groups is 1. The molecule has 3 aromatic carbocycles. The third-order valence-electron chi connectivity index (χ3n) is 11.6. The number of nitrogens with zero attached hydrogens (tertiary/aromatic N) is 2. The molecule has 13 nitrogen and oxygen atoms in total. The van der Waals surface area contributed by atoms with Gasteiger partial charge in [0, 0.05) is 53.2 Å². The summed E-state index contributed by atoms with van der Waals surface area (Å²) >= 11 is 1.68. The Balaban J connectivity index is 1.23. The summed E-state index contributed by atoms with van der Waals surface area (Å²) in [7, 11) is 3.10. The third-order valence-corrected chi connectivity index (χ3v) is 13.3. The van der Waals surface area contributed by atoms with E-state index in [9.17, 15) is 20.3 Å². The smallest absolute Gasteiger partial charge is 0.507 e. The van der Waals surface area contributed by atoms with Crippen LogP contribution in [0.4, 0.5) is 4.79 Å². The molecule has 2 bridgehead atoms. The molecule has 5 aliphatic heterocycles. The number of ether oxygens (including phenoxy) is 6. The molecular formula is C41H48N4O9S. The predicted octanol–water partition coefficient (Wildman–Crippen LogP) is 5.96. The highest BCUT2D eigenvalue weighted by Gasteiger charge is 2.55. The molecule has 5 heterocycles. The van der Waals surface area contributed by atoms with Gasteiger partial charge in [0.15, 0.2) is 34.5 Å². The number of nitriles is 1. The van der Waals surface area contributed by atoms with Crippen molar-refractivity contribution < 1.29 is 43.4 Å². The molecule has 0 spiro atoms. The minimum Gasteiger partial charge on any atom is -0.507 e. The van der Waals surface area contributed by atoms with Crippen molar-refractivity contribution in [1.29, 1.82) is 5.26 Å². The van der Waals surface area contributed by atoms with Crippen LogP contribution >= 0.6 is 11.8 Å². The van der Waals surface area contributed by atoms with E-state index in [4.69, 9.17) is 28.4 Å². The fraction of sp³-hybridized carbons (Fsp3) is 0.512. The molecule has 0 aromatic heterocycles. The molecule has 3 aromatic rings. The molecule has 55 heavy (non-hydrogen) atoms. The predicted molar refractivity (Wildman–Crippen MR) is 205 cm³/mol. The van der Waals surface area contributed by atoms with Crippen molar-refractivity contribution in [2.45, 2.75) is 101 Å². The summed E-state index contributed by atoms with van der Waals surface area (Å²) in [6.07, 6.45) is 0.454. The maximum Gasteiger partial charge on any atom is 0.514 e. The van der Waals surface area contributed by atoms with E-state index in [1.54, 1.807) is 39.6 Å². The summed E-state index contributed by atoms with van der Waals surface area (Å²) in [6.45, 7) is 12.3. The second-order valence-electron chi connectivity index (χ2n) is 16.2. The number of hydrogen-bond acceptors (Lipinski definition) is 14. The maximum absolute atomic E-state index is 12.7. The fourth-order valence-corrected chi connectivity index (χ4v) is 11.0. The van der Waals surface area contributed by atoms with E-state index in [1.165, 1.54) is 7.11 Å². The van der Waals surface area contributed by atoms with Crippen molar-refractivity contribution in [3.05, 3.63) is 62.7 Å². The Bertz CT molecular complexity index is 2130. The molecule has 14 heteroatoms. The van der Waals surface area contributed by atoms with Crippen LogP contribution < -0.4 is 34.3 Å². The van der Waals surface area contributed by atoms with Crippen LogP contribution in [-0.2, 0) is 29.7 Å². The summed E-state index contributed by atoms with van der Waals surface area (Å²) in [5.41, 5.74) is 5.41. The number of piperazine rings is 1. The molecule has 4 N–H and O–H groups in total. The summed E-state index contributed by atoms with van der Waals surface area (Å²) in [6, 6.07) is 7.00. The lowest BCUT2D eigenvalue weighted by Gasteiger charge is -2.56. The van der Waals surface area contributed by atoms with Gasteiger partial charge in [-0.1, -0.05) is 6.07 Å². The summed E-state index contributed by atoms with van der Waals surface area (Å²) in [4.78, 5) is 14.9. The topological polar surface area (TPSA) is 164 Å². The highest BCUT2D eigenvalue weighted by Crippen LogP contribution is 2.60. The Morgan fingerprint density at radius 1 is 1.07 bits per heavy atom. The van der Waals surface area contributed by atoms with Crippen LogP contribution in [0.1, 0.15) is 83.5 Å². The van der Waals surface area contributed by atoms with Crippen LogP contribution in [0.25, 0.3) is 0 Å². The van der Waals surface area contributed by atoms with Gasteiger partial charge < -0.3 is 49.3 Å². The average Bonchev–Trinajstić information content (AvgIpc) is 3.62. The lowest BCUT2D eigenvalue weighted by Crippen LogP contribution is -2.67. The van der Waals surface area contributed by atoms with E-state index in [-0.39, 0.29) is 36.1 Å². The highest BCUT2D eigenvalue weighted by molar-refractivity contribution is 7.99. The Kier molecular flexibility index (Phi) is 9.23. The van der Waals surface area contributed by atoms with E-state index in [0.717, 1.165) is 38.9 Å². The van der Waals surface area contributed by atoms with E-state index in [2.05, 4.69) is 34.6 Å². The second kappa shape index (κ2) is 13.6. The number of aryl methyl sites for hydroxylation is 1. The van der Waals surface area contributed by atoms with Gasteiger partial charge in [-0.05, 0) is 88.8 Å². The lowest BCUT2D eigenvalue weighted by atomic mass is 9.74. The summed E-state index contributed by atoms with van der Waals surface area (Å²) < 4.78 is 34.5. The normalized spacial score (nSPS) is 26.1. The van der Waals surface area contributed by atoms with Gasteiger partial charge in [0.25, 0.3) is 0 Å². The van der Waals surface area contributed by atoms with E-state index in [1.807, 2.05) is 26.0 Å². The van der Waals surface area contributed by atoms with E-state index < -0.39 is 34.6 Å². The Labute approximate surface area is 325 Å². The molecule has 1 saturated heterocycles. The first-order valence-electron chi connectivity index (χ1n) is 18.6. The molecule has 1 fully saturated rings. The molecule has 0 saturated carbocycles. The number of phenols is 2. The average molecular weight is 773 g/mol. The minimum absolute atomic E-state index is 0.0441. The number of benzene rings is 3. The molecule has 292 valence electrons. The number of fused-ring (bicyclic) bond motifs is 10. The number of hydrogen-bond donors (Lipinski definition) is 4. The van der Waals surface area contributed by atoms with Crippen molar-refractivity contribution in [1.82, 2.24) is 15.5 Å². The number of nitrogens with one attached hydrogen (secondary N) is 2. The monoisotopic (exact) mass is 772 g/mol. The van der Waals surface area contributed by atoms with Crippen molar-refractivity contribution in [2.75, 3.05) is 33.3 Å². The first-order valence-corrected chi connectivity index (χ1v) is 19.7. The van der Waals surface area contributed by atoms with Gasteiger partial charge in [-0.3, -0.25) is 4.90 Å². The number of carbonyl (C=O) groups excluding carboxylic acids is 1. The Hall–Kier alpha value is -4.55. The molecule has 5 aliphatic rings. The molecular weight excluding hydrogens is 725 g/mol. The van der Waals surface area contributed by atoms with Gasteiger partial charge in [-0.25, -0.2) is 4.79 Å². The van der Waals surface area contributed by atoms with Crippen molar-refractivity contribution >= 4 is 17.9 Å². The SMILES string of the molecule is COc1cc2c(cc1OC(=O)OC(C)(C)C)CCN[C@]2(C)CS[C@@H]1c2c(O)c(C)c3c(c2CN2C1C1NC(Cc4cc(C)c(OC)c(O)c41)[C@@H]2C#N)OCO3. The van der Waals surface area contributed by atoms with E-state index in [0.29, 0.717) is 60.2 Å². The fourth-order valence-electron chi connectivity index (χ4n) is 9.28. The van der Waals surface area contributed by atoms with Crippen molar-refractivity contribution in [3.63, 3.8) is 0 Å². The lowest BCUT2D eigenvalue weighted by molar-refractivity contribution is 0.0200. The van der Waals surface area contributed by atoms with Crippen molar-refractivity contribution in [3.8, 4) is 46.3 Å². The zero-order valence-electron chi connectivity index (χ0n) is 32.4. The van der Waals surface area contributed by atoms with Crippen LogP contribution in [0.5, 0.6) is 40.2 Å². The number of phenolic OH excluding ortho intramolecular Hbond substituents is 2. The molecule has 0 amide bonds. The number of rotatable bonds is 6. The minimum atomic E-state index is -0.809. The number of aromatic hydroxyl groups is 2. The summed E-state index contributed by atoms with van der Waals surface area (Å²) in [5, 5.41) is 41.8. The van der Waals surface area contributed by atoms with Crippen molar-refractivity contribution in [2.24, 2.45) is 0 Å². The molecule has 8 rings (SSSR count). The molecule has 0 aliphatic carbocycles.